The first-order valence-electron chi connectivity index (χ1n) is 11.6. The zero-order chi connectivity index (χ0) is 24.8. The van der Waals surface area contributed by atoms with Gasteiger partial charge in [0, 0.05) is 25.8 Å². The topological polar surface area (TPSA) is 127 Å². The van der Waals surface area contributed by atoms with Crippen LogP contribution in [-0.4, -0.2) is 76.5 Å². The summed E-state index contributed by atoms with van der Waals surface area (Å²) in [5, 5.41) is 22.8. The lowest BCUT2D eigenvalue weighted by atomic mass is 9.69. The molecule has 3 fully saturated rings. The molecule has 0 amide bonds. The van der Waals surface area contributed by atoms with Gasteiger partial charge >= 0.3 is 11.9 Å². The first kappa shape index (κ1) is 25.4. The quantitative estimate of drug-likeness (QED) is 0.243. The molecule has 3 aliphatic heterocycles. The van der Waals surface area contributed by atoms with Crippen molar-refractivity contribution in [2.45, 2.75) is 88.9 Å². The van der Waals surface area contributed by atoms with E-state index in [0.717, 1.165) is 5.57 Å². The van der Waals surface area contributed by atoms with E-state index in [1.165, 1.54) is 20.1 Å². The van der Waals surface area contributed by atoms with Gasteiger partial charge in [0.1, 0.15) is 17.8 Å². The number of allylic oxidation sites excluding steroid dienone is 1. The number of aliphatic hydroxyl groups excluding tert-OH is 1. The van der Waals surface area contributed by atoms with Gasteiger partial charge in [-0.3, -0.25) is 9.59 Å². The van der Waals surface area contributed by atoms with E-state index < -0.39 is 53.5 Å². The predicted molar refractivity (Wildman–Crippen MR) is 120 cm³/mol. The summed E-state index contributed by atoms with van der Waals surface area (Å²) in [7, 11) is 0. The van der Waals surface area contributed by atoms with Gasteiger partial charge in [0.2, 0.25) is 6.29 Å². The van der Waals surface area contributed by atoms with Gasteiger partial charge < -0.3 is 33.9 Å². The summed E-state index contributed by atoms with van der Waals surface area (Å²) < 4.78 is 28.5. The molecule has 9 nitrogen and oxygen atoms in total. The smallest absolute Gasteiger partial charge is 0.305 e. The third kappa shape index (κ3) is 4.99. The summed E-state index contributed by atoms with van der Waals surface area (Å²) in [4.78, 5) is 23.9. The maximum atomic E-state index is 12.0. The van der Waals surface area contributed by atoms with E-state index >= 15 is 0 Å². The normalized spacial score (nSPS) is 40.0. The Balaban J connectivity index is 1.78. The van der Waals surface area contributed by atoms with Crippen LogP contribution in [0.4, 0.5) is 0 Å². The van der Waals surface area contributed by atoms with Crippen LogP contribution in [0.2, 0.25) is 0 Å². The molecule has 10 heteroatoms. The number of esters is 2. The number of hydrogen-bond donors (Lipinski definition) is 2. The Kier molecular flexibility index (Phi) is 7.05. The maximum Gasteiger partial charge on any atom is 0.305 e. The van der Waals surface area contributed by atoms with Gasteiger partial charge in [0.25, 0.3) is 0 Å². The van der Waals surface area contributed by atoms with Gasteiger partial charge in [0.05, 0.1) is 36.4 Å². The van der Waals surface area contributed by atoms with Gasteiger partial charge in [-0.15, -0.1) is 11.6 Å². The van der Waals surface area contributed by atoms with E-state index in [1.54, 1.807) is 6.08 Å². The van der Waals surface area contributed by atoms with Crippen LogP contribution in [0.25, 0.3) is 0 Å². The molecule has 0 aromatic heterocycles. The Labute approximate surface area is 204 Å². The number of alkyl halides is 1. The number of carbonyl (C=O) groups is 2. The van der Waals surface area contributed by atoms with Crippen molar-refractivity contribution in [3.8, 4) is 0 Å². The summed E-state index contributed by atoms with van der Waals surface area (Å²) in [5.41, 5.74) is -0.619. The molecule has 0 aromatic carbocycles. The Morgan fingerprint density at radius 1 is 1.29 bits per heavy atom. The standard InChI is InChI=1S/C24H33ClO9/c1-12(2)7-17(28)20(32-13(3)26)16-9-30-22(33-14(4)27)19-15(16)5-6-24(11-31-24)21-18(34-21)8-23(19,29)10-25/h7,9,15,17-22,28-29H,5-6,8,10-11H2,1-4H3. The molecule has 3 heterocycles. The van der Waals surface area contributed by atoms with E-state index in [-0.39, 0.29) is 24.5 Å². The molecule has 34 heavy (non-hydrogen) atoms. The molecule has 2 saturated heterocycles. The molecule has 1 aliphatic carbocycles. The minimum Gasteiger partial charge on any atom is -0.462 e. The second-order valence-corrected chi connectivity index (χ2v) is 10.3. The molecular formula is C24H33ClO9. The zero-order valence-corrected chi connectivity index (χ0v) is 20.6. The lowest BCUT2D eigenvalue weighted by Gasteiger charge is -2.46. The number of hydrogen-bond acceptors (Lipinski definition) is 9. The monoisotopic (exact) mass is 500 g/mol. The first-order valence-corrected chi connectivity index (χ1v) is 12.1. The highest BCUT2D eigenvalue weighted by Crippen LogP contribution is 2.55. The van der Waals surface area contributed by atoms with Crippen LogP contribution in [0.3, 0.4) is 0 Å². The number of halogens is 1. The molecule has 2 N–H and O–H groups in total. The second-order valence-electron chi connectivity index (χ2n) is 10.1. The summed E-state index contributed by atoms with van der Waals surface area (Å²) in [5.74, 6) is -2.56. The van der Waals surface area contributed by atoms with Crippen molar-refractivity contribution in [3.05, 3.63) is 23.5 Å². The summed E-state index contributed by atoms with van der Waals surface area (Å²) in [6.07, 6.45) is 0.604. The van der Waals surface area contributed by atoms with E-state index in [1.807, 2.05) is 13.8 Å². The van der Waals surface area contributed by atoms with E-state index in [2.05, 4.69) is 0 Å². The third-order valence-electron chi connectivity index (χ3n) is 7.11. The molecule has 1 spiro atoms. The number of carbonyl (C=O) groups excluding carboxylic acids is 2. The Hall–Kier alpha value is -1.65. The Bertz CT molecular complexity index is 878. The highest BCUT2D eigenvalue weighted by Gasteiger charge is 2.67. The average Bonchev–Trinajstić information content (AvgIpc) is 3.65. The van der Waals surface area contributed by atoms with Crippen molar-refractivity contribution in [1.29, 1.82) is 0 Å². The number of aliphatic hydroxyl groups is 2. The molecule has 4 rings (SSSR count). The number of fused-ring (bicyclic) bond motifs is 3. The molecule has 0 radical (unpaired) electrons. The van der Waals surface area contributed by atoms with Gasteiger partial charge in [0.15, 0.2) is 6.10 Å². The van der Waals surface area contributed by atoms with Gasteiger partial charge in [-0.05, 0) is 32.6 Å². The minimum atomic E-state index is -1.52. The van der Waals surface area contributed by atoms with Gasteiger partial charge in [-0.25, -0.2) is 0 Å². The SMILES string of the molecule is CC(=O)OC1OC=C(C(OC(C)=O)C(O)C=C(C)C)C2CCC3(CO3)C3OC3CC(O)(CCl)C12. The summed E-state index contributed by atoms with van der Waals surface area (Å²) >= 11 is 6.34. The van der Waals surface area contributed by atoms with Crippen LogP contribution >= 0.6 is 11.6 Å². The molecule has 190 valence electrons. The van der Waals surface area contributed by atoms with Crippen LogP contribution in [-0.2, 0) is 33.3 Å². The highest BCUT2D eigenvalue weighted by molar-refractivity contribution is 6.18. The van der Waals surface area contributed by atoms with Crippen LogP contribution in [0.5, 0.6) is 0 Å². The Morgan fingerprint density at radius 3 is 2.56 bits per heavy atom. The summed E-state index contributed by atoms with van der Waals surface area (Å²) in [6.45, 7) is 6.74. The molecule has 9 atom stereocenters. The van der Waals surface area contributed by atoms with Crippen LogP contribution < -0.4 is 0 Å². The number of rotatable bonds is 6. The van der Waals surface area contributed by atoms with Crippen LogP contribution in [0, 0.1) is 11.8 Å². The van der Waals surface area contributed by atoms with Crippen LogP contribution in [0.15, 0.2) is 23.5 Å². The fraction of sp³-hybridized carbons (Fsp3) is 0.750. The van der Waals surface area contributed by atoms with Crippen molar-refractivity contribution in [2.24, 2.45) is 11.8 Å². The largest absolute Gasteiger partial charge is 0.462 e. The minimum absolute atomic E-state index is 0.136. The van der Waals surface area contributed by atoms with Gasteiger partial charge in [-0.2, -0.15) is 0 Å². The van der Waals surface area contributed by atoms with Crippen molar-refractivity contribution in [1.82, 2.24) is 0 Å². The lowest BCUT2D eigenvalue weighted by molar-refractivity contribution is -0.212. The van der Waals surface area contributed by atoms with Gasteiger partial charge in [-0.1, -0.05) is 11.6 Å². The molecule has 4 aliphatic rings. The van der Waals surface area contributed by atoms with E-state index in [4.69, 9.17) is 35.3 Å². The maximum absolute atomic E-state index is 12.0. The molecule has 9 unspecified atom stereocenters. The molecule has 0 bridgehead atoms. The van der Waals surface area contributed by atoms with Crippen molar-refractivity contribution in [3.63, 3.8) is 0 Å². The van der Waals surface area contributed by atoms with Crippen molar-refractivity contribution >= 4 is 23.5 Å². The van der Waals surface area contributed by atoms with Crippen LogP contribution in [0.1, 0.15) is 47.0 Å². The third-order valence-corrected chi connectivity index (χ3v) is 7.57. The fourth-order valence-electron chi connectivity index (χ4n) is 5.51. The van der Waals surface area contributed by atoms with E-state index in [9.17, 15) is 19.8 Å². The predicted octanol–water partition coefficient (Wildman–Crippen LogP) is 1.97. The Morgan fingerprint density at radius 2 is 2.00 bits per heavy atom. The van der Waals surface area contributed by atoms with Crippen molar-refractivity contribution < 1.29 is 43.5 Å². The average molecular weight is 501 g/mol. The number of epoxide rings is 2. The van der Waals surface area contributed by atoms with Crippen molar-refractivity contribution in [2.75, 3.05) is 12.5 Å². The van der Waals surface area contributed by atoms with E-state index in [0.29, 0.717) is 25.0 Å². The molecule has 1 saturated carbocycles. The highest BCUT2D eigenvalue weighted by atomic mass is 35.5. The lowest BCUT2D eigenvalue weighted by Crippen LogP contribution is -2.55. The molecule has 0 aromatic rings. The summed E-state index contributed by atoms with van der Waals surface area (Å²) in [6, 6.07) is 0. The number of ether oxygens (including phenoxy) is 5. The second kappa shape index (κ2) is 9.43. The molecular weight excluding hydrogens is 468 g/mol. The first-order chi connectivity index (χ1) is 16.0. The zero-order valence-electron chi connectivity index (χ0n) is 19.9. The fourth-order valence-corrected chi connectivity index (χ4v) is 5.79.